The lowest BCUT2D eigenvalue weighted by Gasteiger charge is -2.11. The van der Waals surface area contributed by atoms with Crippen molar-refractivity contribution in [1.82, 2.24) is 5.16 Å². The van der Waals surface area contributed by atoms with Gasteiger partial charge >= 0.3 is 0 Å². The highest BCUT2D eigenvalue weighted by Crippen LogP contribution is 2.28. The highest BCUT2D eigenvalue weighted by atomic mass is 35.5. The molecule has 0 bridgehead atoms. The molecule has 1 aromatic carbocycles. The van der Waals surface area contributed by atoms with Crippen LogP contribution in [0.4, 0.5) is 5.88 Å². The van der Waals surface area contributed by atoms with Crippen molar-refractivity contribution in [2.24, 2.45) is 0 Å². The van der Waals surface area contributed by atoms with Crippen LogP contribution in [0.3, 0.4) is 0 Å². The van der Waals surface area contributed by atoms with E-state index in [0.717, 1.165) is 53.1 Å². The van der Waals surface area contributed by atoms with Crippen molar-refractivity contribution in [3.8, 4) is 5.75 Å². The molecule has 6 heteroatoms. The average molecular weight is 335 g/mol. The molecule has 0 atom stereocenters. The van der Waals surface area contributed by atoms with Gasteiger partial charge in [0.1, 0.15) is 5.75 Å². The number of ether oxygens (including phenoxy) is 1. The van der Waals surface area contributed by atoms with Gasteiger partial charge in [-0.15, -0.1) is 0 Å². The van der Waals surface area contributed by atoms with E-state index in [2.05, 4.69) is 10.5 Å². The number of aryl methyl sites for hydroxylation is 3. The fraction of sp³-hybridized carbons (Fsp3) is 0.412. The molecule has 23 heavy (non-hydrogen) atoms. The Morgan fingerprint density at radius 2 is 2.00 bits per heavy atom. The van der Waals surface area contributed by atoms with Crippen molar-refractivity contribution in [3.63, 3.8) is 0 Å². The summed E-state index contributed by atoms with van der Waals surface area (Å²) >= 11 is 6.12. The topological polar surface area (TPSA) is 64.4 Å². The Kier molecular flexibility index (Phi) is 4.57. The summed E-state index contributed by atoms with van der Waals surface area (Å²) in [4.78, 5) is 12.1. The second-order valence-corrected chi connectivity index (χ2v) is 6.23. The van der Waals surface area contributed by atoms with Gasteiger partial charge in [0.2, 0.25) is 5.88 Å². The third-order valence-electron chi connectivity index (χ3n) is 3.99. The molecule has 1 aliphatic rings. The zero-order valence-electron chi connectivity index (χ0n) is 13.2. The first-order chi connectivity index (χ1) is 11.0. The summed E-state index contributed by atoms with van der Waals surface area (Å²) in [5, 5.41) is 7.48. The van der Waals surface area contributed by atoms with Crippen molar-refractivity contribution in [2.45, 2.75) is 39.5 Å². The van der Waals surface area contributed by atoms with Gasteiger partial charge in [0, 0.05) is 10.6 Å². The van der Waals surface area contributed by atoms with E-state index in [1.165, 1.54) is 0 Å². The van der Waals surface area contributed by atoms with Gasteiger partial charge in [0.15, 0.2) is 6.61 Å². The molecular formula is C17H19ClN2O3. The molecule has 5 nitrogen and oxygen atoms in total. The summed E-state index contributed by atoms with van der Waals surface area (Å²) in [6, 6.07) is 3.64. The van der Waals surface area contributed by atoms with E-state index in [0.29, 0.717) is 11.6 Å². The zero-order valence-corrected chi connectivity index (χ0v) is 14.0. The quantitative estimate of drug-likeness (QED) is 0.922. The molecule has 1 aliphatic carbocycles. The van der Waals surface area contributed by atoms with Crippen LogP contribution in [-0.4, -0.2) is 17.7 Å². The van der Waals surface area contributed by atoms with Crippen LogP contribution in [0.2, 0.25) is 5.02 Å². The maximum Gasteiger partial charge on any atom is 0.264 e. The lowest BCUT2D eigenvalue weighted by atomic mass is 9.98. The van der Waals surface area contributed by atoms with Gasteiger partial charge in [-0.25, -0.2) is 0 Å². The van der Waals surface area contributed by atoms with Gasteiger partial charge in [-0.1, -0.05) is 16.8 Å². The Morgan fingerprint density at radius 1 is 1.30 bits per heavy atom. The summed E-state index contributed by atoms with van der Waals surface area (Å²) < 4.78 is 10.8. The molecule has 0 aliphatic heterocycles. The fourth-order valence-corrected chi connectivity index (χ4v) is 2.90. The predicted octanol–water partition coefficient (Wildman–Crippen LogP) is 3.84. The number of aromatic nitrogens is 1. The highest BCUT2D eigenvalue weighted by molar-refractivity contribution is 6.32. The number of fused-ring (bicyclic) bond motifs is 1. The lowest BCUT2D eigenvalue weighted by molar-refractivity contribution is -0.118. The minimum atomic E-state index is -0.264. The van der Waals surface area contributed by atoms with Crippen molar-refractivity contribution in [3.05, 3.63) is 39.5 Å². The molecular weight excluding hydrogens is 316 g/mol. The van der Waals surface area contributed by atoms with Crippen LogP contribution in [0.15, 0.2) is 16.7 Å². The monoisotopic (exact) mass is 334 g/mol. The molecule has 0 fully saturated rings. The Balaban J connectivity index is 1.61. The summed E-state index contributed by atoms with van der Waals surface area (Å²) in [7, 11) is 0. The van der Waals surface area contributed by atoms with E-state index < -0.39 is 0 Å². The minimum absolute atomic E-state index is 0.0873. The SMILES string of the molecule is Cc1cc(OCC(=O)Nc2onc3c2CCCC3)cc(C)c1Cl. The van der Waals surface area contributed by atoms with Crippen molar-refractivity contribution in [1.29, 1.82) is 0 Å². The van der Waals surface area contributed by atoms with Crippen LogP contribution in [0.1, 0.15) is 35.2 Å². The molecule has 0 saturated carbocycles. The normalized spacial score (nSPS) is 13.5. The molecule has 1 heterocycles. The number of hydrogen-bond donors (Lipinski definition) is 1. The third kappa shape index (κ3) is 3.50. The van der Waals surface area contributed by atoms with E-state index in [-0.39, 0.29) is 12.5 Å². The molecule has 0 saturated heterocycles. The number of nitrogens with zero attached hydrogens (tertiary/aromatic N) is 1. The van der Waals surface area contributed by atoms with E-state index >= 15 is 0 Å². The van der Waals surface area contributed by atoms with Gasteiger partial charge in [-0.3, -0.25) is 10.1 Å². The smallest absolute Gasteiger partial charge is 0.264 e. The molecule has 122 valence electrons. The van der Waals surface area contributed by atoms with Gasteiger partial charge in [0.25, 0.3) is 5.91 Å². The fourth-order valence-electron chi connectivity index (χ4n) is 2.79. The Bertz CT molecular complexity index is 716. The molecule has 0 spiro atoms. The number of anilines is 1. The Morgan fingerprint density at radius 3 is 2.74 bits per heavy atom. The minimum Gasteiger partial charge on any atom is -0.484 e. The maximum absolute atomic E-state index is 12.1. The number of hydrogen-bond acceptors (Lipinski definition) is 4. The maximum atomic E-state index is 12.1. The lowest BCUT2D eigenvalue weighted by Crippen LogP contribution is -2.21. The molecule has 1 amide bonds. The zero-order chi connectivity index (χ0) is 16.4. The standard InChI is InChI=1S/C17H19ClN2O3/c1-10-7-12(8-11(2)16(10)18)22-9-15(21)19-17-13-5-3-4-6-14(13)20-23-17/h7-8H,3-6,9H2,1-2H3,(H,19,21). The van der Waals surface area contributed by atoms with Gasteiger partial charge < -0.3 is 9.26 Å². The number of halogens is 1. The third-order valence-corrected chi connectivity index (χ3v) is 4.59. The molecule has 0 unspecified atom stereocenters. The van der Waals surface area contributed by atoms with Crippen molar-refractivity contribution in [2.75, 3.05) is 11.9 Å². The van der Waals surface area contributed by atoms with Gasteiger partial charge in [-0.05, 0) is 62.8 Å². The van der Waals surface area contributed by atoms with Crippen LogP contribution < -0.4 is 10.1 Å². The van der Waals surface area contributed by atoms with Crippen molar-refractivity contribution >= 4 is 23.4 Å². The largest absolute Gasteiger partial charge is 0.484 e. The summed E-state index contributed by atoms with van der Waals surface area (Å²) in [5.41, 5.74) is 3.82. The molecule has 1 N–H and O–H groups in total. The van der Waals surface area contributed by atoms with Crippen LogP contribution in [0.25, 0.3) is 0 Å². The molecule has 2 aromatic rings. The van der Waals surface area contributed by atoms with Gasteiger partial charge in [-0.2, -0.15) is 0 Å². The second-order valence-electron chi connectivity index (χ2n) is 5.85. The number of carbonyl (C=O) groups is 1. The Hall–Kier alpha value is -2.01. The van der Waals surface area contributed by atoms with E-state index in [4.69, 9.17) is 20.9 Å². The molecule has 3 rings (SSSR count). The predicted molar refractivity (Wildman–Crippen MR) is 88.2 cm³/mol. The first kappa shape index (κ1) is 15.9. The van der Waals surface area contributed by atoms with Crippen LogP contribution in [-0.2, 0) is 17.6 Å². The van der Waals surface area contributed by atoms with Gasteiger partial charge in [0.05, 0.1) is 5.69 Å². The van der Waals surface area contributed by atoms with Crippen LogP contribution in [0.5, 0.6) is 5.75 Å². The first-order valence-corrected chi connectivity index (χ1v) is 8.09. The van der Waals surface area contributed by atoms with E-state index in [1.807, 2.05) is 26.0 Å². The molecule has 1 aromatic heterocycles. The first-order valence-electron chi connectivity index (χ1n) is 7.71. The Labute approximate surface area is 139 Å². The van der Waals surface area contributed by atoms with Crippen LogP contribution >= 0.6 is 11.6 Å². The second kappa shape index (κ2) is 6.62. The van der Waals surface area contributed by atoms with E-state index in [9.17, 15) is 4.79 Å². The van der Waals surface area contributed by atoms with Crippen LogP contribution in [0, 0.1) is 13.8 Å². The van der Waals surface area contributed by atoms with Crippen molar-refractivity contribution < 1.29 is 14.1 Å². The number of benzene rings is 1. The number of amides is 1. The van der Waals surface area contributed by atoms with E-state index in [1.54, 1.807) is 0 Å². The number of carbonyl (C=O) groups excluding carboxylic acids is 1. The number of rotatable bonds is 4. The summed E-state index contributed by atoms with van der Waals surface area (Å²) in [6.07, 6.45) is 4.02. The number of nitrogens with one attached hydrogen (secondary N) is 1. The average Bonchev–Trinajstić information content (AvgIpc) is 2.94. The summed E-state index contributed by atoms with van der Waals surface area (Å²) in [6.45, 7) is 3.72. The highest BCUT2D eigenvalue weighted by Gasteiger charge is 2.20. The molecule has 0 radical (unpaired) electrons. The summed E-state index contributed by atoms with van der Waals surface area (Å²) in [5.74, 6) is 0.815.